The van der Waals surface area contributed by atoms with E-state index in [-0.39, 0.29) is 0 Å². The van der Waals surface area contributed by atoms with Gasteiger partial charge in [-0.05, 0) is 30.3 Å². The molecule has 7 heteroatoms. The Balaban J connectivity index is 1.63. The molecule has 0 saturated heterocycles. The molecule has 5 rings (SSSR count). The Morgan fingerprint density at radius 1 is 1.12 bits per heavy atom. The van der Waals surface area contributed by atoms with E-state index in [1.165, 1.54) is 0 Å². The highest BCUT2D eigenvalue weighted by Gasteiger charge is 2.26. The molecule has 0 aliphatic carbocycles. The first-order valence-corrected chi connectivity index (χ1v) is 8.99. The molecular formula is C19H15N5OS. The number of anilines is 2. The van der Waals surface area contributed by atoms with Gasteiger partial charge in [-0.3, -0.25) is 4.90 Å². The molecule has 26 heavy (non-hydrogen) atoms. The number of hydrogen-bond donors (Lipinski definition) is 1. The average Bonchev–Trinajstić information content (AvgIpc) is 3.12. The minimum absolute atomic E-state index is 0.406. The van der Waals surface area contributed by atoms with E-state index in [1.54, 1.807) is 31.3 Å². The number of rotatable bonds is 3. The summed E-state index contributed by atoms with van der Waals surface area (Å²) in [5, 5.41) is 0.883. The van der Waals surface area contributed by atoms with Crippen LogP contribution < -0.4 is 4.90 Å². The summed E-state index contributed by atoms with van der Waals surface area (Å²) in [7, 11) is 1.68. The molecular weight excluding hydrogens is 346 g/mol. The van der Waals surface area contributed by atoms with Gasteiger partial charge in [0.1, 0.15) is 17.6 Å². The van der Waals surface area contributed by atoms with E-state index in [0.717, 1.165) is 43.8 Å². The van der Waals surface area contributed by atoms with Gasteiger partial charge in [-0.1, -0.05) is 23.9 Å². The molecule has 0 spiro atoms. The largest absolute Gasteiger partial charge is 0.364 e. The Morgan fingerprint density at radius 2 is 2.00 bits per heavy atom. The predicted octanol–water partition coefficient (Wildman–Crippen LogP) is 4.23. The van der Waals surface area contributed by atoms with Gasteiger partial charge in [-0.2, -0.15) is 0 Å². The molecule has 0 radical (unpaired) electrons. The van der Waals surface area contributed by atoms with Crippen molar-refractivity contribution in [3.8, 4) is 11.4 Å². The summed E-state index contributed by atoms with van der Waals surface area (Å²) >= 11 is 1.62. The molecule has 1 aliphatic rings. The molecule has 0 atom stereocenters. The Morgan fingerprint density at radius 3 is 2.88 bits per heavy atom. The lowest BCUT2D eigenvalue weighted by molar-refractivity contribution is 0.205. The molecule has 128 valence electrons. The van der Waals surface area contributed by atoms with Gasteiger partial charge in [0, 0.05) is 30.0 Å². The quantitative estimate of drug-likeness (QED) is 0.589. The standard InChI is InChI=1S/C19H15N5OS/c1-25-11-24-15-10-12(17-22-13-4-2-3-5-14(13)23-17)6-7-16(15)26-19-18(24)20-8-9-21-19/h2-10H,11H2,1H3,(H,22,23). The Hall–Kier alpha value is -2.90. The number of ether oxygens (including phenoxy) is 1. The average molecular weight is 361 g/mol. The SMILES string of the molecule is COCN1c2cc(-c3nc4ccccc4[nH]3)ccc2Sc2nccnc21. The maximum atomic E-state index is 5.41. The summed E-state index contributed by atoms with van der Waals surface area (Å²) < 4.78 is 5.41. The van der Waals surface area contributed by atoms with E-state index in [9.17, 15) is 0 Å². The van der Waals surface area contributed by atoms with Crippen LogP contribution in [0.3, 0.4) is 0 Å². The highest BCUT2D eigenvalue weighted by atomic mass is 32.2. The van der Waals surface area contributed by atoms with Gasteiger partial charge in [-0.25, -0.2) is 15.0 Å². The van der Waals surface area contributed by atoms with Crippen LogP contribution in [0.4, 0.5) is 11.5 Å². The van der Waals surface area contributed by atoms with Crippen LogP contribution in [0.15, 0.2) is 64.8 Å². The maximum absolute atomic E-state index is 5.41. The van der Waals surface area contributed by atoms with Crippen molar-refractivity contribution in [1.82, 2.24) is 19.9 Å². The fraction of sp³-hybridized carbons (Fsp3) is 0.105. The lowest BCUT2D eigenvalue weighted by atomic mass is 10.1. The highest BCUT2D eigenvalue weighted by molar-refractivity contribution is 7.99. The van der Waals surface area contributed by atoms with Gasteiger partial charge in [0.15, 0.2) is 5.82 Å². The lowest BCUT2D eigenvalue weighted by Crippen LogP contribution is -2.24. The van der Waals surface area contributed by atoms with Crippen LogP contribution in [0.2, 0.25) is 0 Å². The van der Waals surface area contributed by atoms with Gasteiger partial charge < -0.3 is 9.72 Å². The van der Waals surface area contributed by atoms with Gasteiger partial charge in [0.05, 0.1) is 16.7 Å². The van der Waals surface area contributed by atoms with Crippen LogP contribution in [0.25, 0.3) is 22.4 Å². The zero-order valence-electron chi connectivity index (χ0n) is 14.0. The number of hydrogen-bond acceptors (Lipinski definition) is 6. The smallest absolute Gasteiger partial charge is 0.168 e. The van der Waals surface area contributed by atoms with Crippen LogP contribution in [0, 0.1) is 0 Å². The molecule has 4 aromatic rings. The van der Waals surface area contributed by atoms with E-state index >= 15 is 0 Å². The van der Waals surface area contributed by atoms with Crippen molar-refractivity contribution in [1.29, 1.82) is 0 Å². The summed E-state index contributed by atoms with van der Waals surface area (Å²) in [6.45, 7) is 0.406. The summed E-state index contributed by atoms with van der Waals surface area (Å²) in [6, 6.07) is 14.3. The zero-order chi connectivity index (χ0) is 17.5. The molecule has 0 amide bonds. The van der Waals surface area contributed by atoms with Crippen LogP contribution in [0.5, 0.6) is 0 Å². The molecule has 1 N–H and O–H groups in total. The van der Waals surface area contributed by atoms with Crippen LogP contribution in [0.1, 0.15) is 0 Å². The van der Waals surface area contributed by atoms with E-state index < -0.39 is 0 Å². The van der Waals surface area contributed by atoms with E-state index in [4.69, 9.17) is 9.72 Å². The first-order chi connectivity index (χ1) is 12.8. The Labute approximate surface area is 154 Å². The zero-order valence-corrected chi connectivity index (χ0v) is 14.8. The van der Waals surface area contributed by atoms with E-state index in [1.807, 2.05) is 29.2 Å². The predicted molar refractivity (Wildman–Crippen MR) is 102 cm³/mol. The van der Waals surface area contributed by atoms with Gasteiger partial charge in [0.25, 0.3) is 0 Å². The summed E-state index contributed by atoms with van der Waals surface area (Å²) in [5.74, 6) is 1.66. The van der Waals surface area contributed by atoms with Crippen molar-refractivity contribution in [2.24, 2.45) is 0 Å². The van der Waals surface area contributed by atoms with Crippen molar-refractivity contribution in [2.45, 2.75) is 9.92 Å². The normalized spacial score (nSPS) is 12.9. The maximum Gasteiger partial charge on any atom is 0.168 e. The monoisotopic (exact) mass is 361 g/mol. The van der Waals surface area contributed by atoms with Crippen LogP contribution >= 0.6 is 11.8 Å². The molecule has 2 aromatic heterocycles. The second-order valence-electron chi connectivity index (χ2n) is 5.92. The minimum atomic E-state index is 0.406. The number of H-pyrrole nitrogens is 1. The van der Waals surface area contributed by atoms with Crippen molar-refractivity contribution in [2.75, 3.05) is 18.7 Å². The number of nitrogens with zero attached hydrogens (tertiary/aromatic N) is 4. The second-order valence-corrected chi connectivity index (χ2v) is 6.95. The Bertz CT molecular complexity index is 1080. The molecule has 1 aliphatic heterocycles. The number of benzene rings is 2. The number of aromatic nitrogens is 4. The fourth-order valence-electron chi connectivity index (χ4n) is 3.10. The third kappa shape index (κ3) is 2.44. The van der Waals surface area contributed by atoms with Crippen LogP contribution in [-0.4, -0.2) is 33.8 Å². The number of para-hydroxylation sites is 2. The van der Waals surface area contributed by atoms with Crippen molar-refractivity contribution in [3.63, 3.8) is 0 Å². The highest BCUT2D eigenvalue weighted by Crippen LogP contribution is 2.46. The number of methoxy groups -OCH3 is 1. The van der Waals surface area contributed by atoms with Gasteiger partial charge >= 0.3 is 0 Å². The minimum Gasteiger partial charge on any atom is -0.364 e. The molecule has 0 unspecified atom stereocenters. The third-order valence-electron chi connectivity index (χ3n) is 4.28. The second kappa shape index (κ2) is 6.12. The summed E-state index contributed by atoms with van der Waals surface area (Å²) in [6.07, 6.45) is 3.42. The first-order valence-electron chi connectivity index (χ1n) is 8.18. The van der Waals surface area contributed by atoms with E-state index in [0.29, 0.717) is 6.73 Å². The molecule has 3 heterocycles. The summed E-state index contributed by atoms with van der Waals surface area (Å²) in [5.41, 5.74) is 4.05. The number of aromatic amines is 1. The van der Waals surface area contributed by atoms with Crippen LogP contribution in [-0.2, 0) is 4.74 Å². The number of fused-ring (bicyclic) bond motifs is 3. The Kier molecular flexibility index (Phi) is 3.62. The first kappa shape index (κ1) is 15.4. The summed E-state index contributed by atoms with van der Waals surface area (Å²) in [4.78, 5) is 20.2. The van der Waals surface area contributed by atoms with Crippen molar-refractivity contribution < 1.29 is 4.74 Å². The fourth-order valence-corrected chi connectivity index (χ4v) is 4.09. The number of imidazole rings is 1. The lowest BCUT2D eigenvalue weighted by Gasteiger charge is -2.30. The van der Waals surface area contributed by atoms with Gasteiger partial charge in [-0.15, -0.1) is 0 Å². The van der Waals surface area contributed by atoms with Crippen molar-refractivity contribution >= 4 is 34.3 Å². The molecule has 0 bridgehead atoms. The topological polar surface area (TPSA) is 66.9 Å². The molecule has 6 nitrogen and oxygen atoms in total. The van der Waals surface area contributed by atoms with E-state index in [2.05, 4.69) is 33.2 Å². The number of nitrogens with one attached hydrogen (secondary N) is 1. The van der Waals surface area contributed by atoms with Gasteiger partial charge in [0.2, 0.25) is 0 Å². The third-order valence-corrected chi connectivity index (χ3v) is 5.33. The molecule has 2 aromatic carbocycles. The molecule has 0 saturated carbocycles. The molecule has 0 fully saturated rings. The van der Waals surface area contributed by atoms with Crippen molar-refractivity contribution in [3.05, 3.63) is 54.9 Å².